The highest BCUT2D eigenvalue weighted by Gasteiger charge is 2.04. The van der Waals surface area contributed by atoms with Crippen LogP contribution in [0.25, 0.3) is 0 Å². The van der Waals surface area contributed by atoms with Crippen LogP contribution in [0.5, 0.6) is 5.75 Å². The van der Waals surface area contributed by atoms with E-state index < -0.39 is 0 Å². The number of hydrogen-bond acceptors (Lipinski definition) is 3. The molecule has 0 atom stereocenters. The molecule has 5 heteroatoms. The second-order valence-electron chi connectivity index (χ2n) is 4.05. The van der Waals surface area contributed by atoms with Gasteiger partial charge in [0.2, 0.25) is 0 Å². The molecule has 0 heterocycles. The summed E-state index contributed by atoms with van der Waals surface area (Å²) in [5.41, 5.74) is 12.8. The Morgan fingerprint density at radius 3 is 2.72 bits per heavy atom. The summed E-state index contributed by atoms with van der Waals surface area (Å²) in [7, 11) is 1.68. The Labute approximate surface area is 108 Å². The van der Waals surface area contributed by atoms with Crippen molar-refractivity contribution in [1.82, 2.24) is 0 Å². The molecule has 0 amide bonds. The maximum Gasteiger partial charge on any atom is 0.186 e. The average molecular weight is 251 g/mol. The van der Waals surface area contributed by atoms with Crippen LogP contribution in [0.15, 0.2) is 23.2 Å². The molecule has 0 radical (unpaired) electrons. The largest absolute Gasteiger partial charge is 0.493 e. The maximum atomic E-state index is 5.72. The molecule has 0 fully saturated rings. The van der Waals surface area contributed by atoms with Crippen LogP contribution in [0.3, 0.4) is 0 Å². The van der Waals surface area contributed by atoms with Crippen LogP contribution in [0.1, 0.15) is 17.5 Å². The van der Waals surface area contributed by atoms with E-state index in [-0.39, 0.29) is 5.96 Å². The van der Waals surface area contributed by atoms with Crippen LogP contribution in [0, 0.1) is 6.92 Å². The zero-order valence-corrected chi connectivity index (χ0v) is 11.0. The van der Waals surface area contributed by atoms with Gasteiger partial charge in [0.05, 0.1) is 13.2 Å². The molecule has 0 unspecified atom stereocenters. The van der Waals surface area contributed by atoms with Crippen molar-refractivity contribution in [2.45, 2.75) is 19.9 Å². The van der Waals surface area contributed by atoms with Gasteiger partial charge < -0.3 is 20.9 Å². The Balaban J connectivity index is 2.67. The van der Waals surface area contributed by atoms with Crippen molar-refractivity contribution in [1.29, 1.82) is 0 Å². The van der Waals surface area contributed by atoms with Gasteiger partial charge in [0.25, 0.3) is 0 Å². The Morgan fingerprint density at radius 2 is 2.06 bits per heavy atom. The molecule has 5 nitrogen and oxygen atoms in total. The molecule has 0 aromatic heterocycles. The van der Waals surface area contributed by atoms with Gasteiger partial charge in [-0.1, -0.05) is 12.1 Å². The lowest BCUT2D eigenvalue weighted by atomic mass is 10.1. The molecule has 0 saturated carbocycles. The summed E-state index contributed by atoms with van der Waals surface area (Å²) in [6.45, 7) is 3.76. The number of nitrogens with zero attached hydrogens (tertiary/aromatic N) is 1. The van der Waals surface area contributed by atoms with Gasteiger partial charge in [-0.3, -0.25) is 0 Å². The van der Waals surface area contributed by atoms with E-state index in [9.17, 15) is 0 Å². The van der Waals surface area contributed by atoms with Gasteiger partial charge in [-0.05, 0) is 18.6 Å². The topological polar surface area (TPSA) is 82.9 Å². The Bertz CT molecular complexity index is 401. The molecular weight excluding hydrogens is 230 g/mol. The smallest absolute Gasteiger partial charge is 0.186 e. The fourth-order valence-electron chi connectivity index (χ4n) is 1.49. The van der Waals surface area contributed by atoms with Gasteiger partial charge in [-0.2, -0.15) is 0 Å². The molecule has 1 aromatic carbocycles. The Kier molecular flexibility index (Phi) is 6.00. The number of rotatable bonds is 7. The first kappa shape index (κ1) is 14.3. The summed E-state index contributed by atoms with van der Waals surface area (Å²) in [6.07, 6.45) is 0.853. The fraction of sp³-hybridized carbons (Fsp3) is 0.462. The molecule has 1 rings (SSSR count). The maximum absolute atomic E-state index is 5.72. The van der Waals surface area contributed by atoms with Gasteiger partial charge in [-0.15, -0.1) is 0 Å². The van der Waals surface area contributed by atoms with Crippen molar-refractivity contribution in [3.05, 3.63) is 29.3 Å². The van der Waals surface area contributed by atoms with Crippen molar-refractivity contribution < 1.29 is 9.47 Å². The van der Waals surface area contributed by atoms with E-state index in [0.29, 0.717) is 19.8 Å². The van der Waals surface area contributed by atoms with Crippen LogP contribution in [0.4, 0.5) is 0 Å². The summed E-state index contributed by atoms with van der Waals surface area (Å²) in [4.78, 5) is 4.00. The van der Waals surface area contributed by atoms with E-state index in [4.69, 9.17) is 20.9 Å². The highest BCUT2D eigenvalue weighted by atomic mass is 16.5. The third-order valence-corrected chi connectivity index (χ3v) is 2.41. The molecule has 0 saturated heterocycles. The molecule has 0 aliphatic carbocycles. The molecule has 1 aromatic rings. The van der Waals surface area contributed by atoms with E-state index in [1.807, 2.05) is 25.1 Å². The second-order valence-corrected chi connectivity index (χ2v) is 4.05. The first-order chi connectivity index (χ1) is 8.63. The Hall–Kier alpha value is -1.75. The van der Waals surface area contributed by atoms with E-state index in [1.54, 1.807) is 7.11 Å². The van der Waals surface area contributed by atoms with Gasteiger partial charge in [0.15, 0.2) is 5.96 Å². The van der Waals surface area contributed by atoms with E-state index in [1.165, 1.54) is 0 Å². The summed E-state index contributed by atoms with van der Waals surface area (Å²) in [5.74, 6) is 0.914. The predicted octanol–water partition coefficient (Wildman–Crippen LogP) is 1.18. The van der Waals surface area contributed by atoms with Gasteiger partial charge in [0.1, 0.15) is 5.75 Å². The summed E-state index contributed by atoms with van der Waals surface area (Å²) >= 11 is 0. The number of methoxy groups -OCH3 is 1. The zero-order valence-electron chi connectivity index (χ0n) is 11.0. The molecular formula is C13H21N3O2. The monoisotopic (exact) mass is 251 g/mol. The van der Waals surface area contributed by atoms with Crippen molar-refractivity contribution in [2.75, 3.05) is 20.3 Å². The van der Waals surface area contributed by atoms with Crippen LogP contribution < -0.4 is 16.2 Å². The predicted molar refractivity (Wildman–Crippen MR) is 72.7 cm³/mol. The summed E-state index contributed by atoms with van der Waals surface area (Å²) in [6, 6.07) is 5.98. The number of hydrogen-bond donors (Lipinski definition) is 2. The van der Waals surface area contributed by atoms with Crippen LogP contribution >= 0.6 is 0 Å². The van der Waals surface area contributed by atoms with Gasteiger partial charge >= 0.3 is 0 Å². The lowest BCUT2D eigenvalue weighted by Gasteiger charge is -2.11. The fourth-order valence-corrected chi connectivity index (χ4v) is 1.49. The minimum absolute atomic E-state index is 0.0842. The van der Waals surface area contributed by atoms with Crippen molar-refractivity contribution >= 4 is 5.96 Å². The van der Waals surface area contributed by atoms with E-state index in [2.05, 4.69) is 4.99 Å². The highest BCUT2D eigenvalue weighted by Crippen LogP contribution is 2.21. The van der Waals surface area contributed by atoms with Crippen molar-refractivity contribution in [3.8, 4) is 5.75 Å². The normalized spacial score (nSPS) is 10.1. The molecule has 18 heavy (non-hydrogen) atoms. The van der Waals surface area contributed by atoms with Crippen molar-refractivity contribution in [2.24, 2.45) is 16.5 Å². The molecule has 0 aliphatic heterocycles. The number of benzene rings is 1. The first-order valence-electron chi connectivity index (χ1n) is 5.90. The lowest BCUT2D eigenvalue weighted by Crippen LogP contribution is -2.22. The van der Waals surface area contributed by atoms with Crippen LogP contribution in [-0.4, -0.2) is 26.3 Å². The quantitative estimate of drug-likeness (QED) is 0.433. The number of aliphatic imine (C=N–C) groups is 1. The molecule has 0 aliphatic rings. The second kappa shape index (κ2) is 7.55. The number of ether oxygens (including phenoxy) is 2. The number of guanidine groups is 1. The van der Waals surface area contributed by atoms with E-state index >= 15 is 0 Å². The number of aryl methyl sites for hydroxylation is 1. The van der Waals surface area contributed by atoms with Crippen LogP contribution in [0.2, 0.25) is 0 Å². The standard InChI is InChI=1S/C13H21N3O2/c1-10-4-5-11(9-16-13(14)15)12(8-10)18-7-3-6-17-2/h4-5,8H,3,6-7,9H2,1-2H3,(H4,14,15,16). The lowest BCUT2D eigenvalue weighted by molar-refractivity contribution is 0.172. The van der Waals surface area contributed by atoms with Gasteiger partial charge in [0, 0.05) is 25.7 Å². The summed E-state index contributed by atoms with van der Waals surface area (Å²) in [5, 5.41) is 0. The summed E-state index contributed by atoms with van der Waals surface area (Å²) < 4.78 is 10.7. The third kappa shape index (κ3) is 5.05. The minimum atomic E-state index is 0.0842. The first-order valence-corrected chi connectivity index (χ1v) is 5.90. The molecule has 100 valence electrons. The zero-order chi connectivity index (χ0) is 13.4. The van der Waals surface area contributed by atoms with Crippen LogP contribution in [-0.2, 0) is 11.3 Å². The van der Waals surface area contributed by atoms with E-state index in [0.717, 1.165) is 23.3 Å². The van der Waals surface area contributed by atoms with Gasteiger partial charge in [-0.25, -0.2) is 4.99 Å². The third-order valence-electron chi connectivity index (χ3n) is 2.41. The van der Waals surface area contributed by atoms with Crippen molar-refractivity contribution in [3.63, 3.8) is 0 Å². The highest BCUT2D eigenvalue weighted by molar-refractivity contribution is 5.75. The molecule has 4 N–H and O–H groups in total. The number of nitrogens with two attached hydrogens (primary N) is 2. The SMILES string of the molecule is COCCCOc1cc(C)ccc1CN=C(N)N. The Morgan fingerprint density at radius 1 is 1.28 bits per heavy atom. The molecule has 0 spiro atoms. The molecule has 0 bridgehead atoms. The minimum Gasteiger partial charge on any atom is -0.493 e. The average Bonchev–Trinajstić information content (AvgIpc) is 2.33.